The van der Waals surface area contributed by atoms with Gasteiger partial charge in [0.05, 0.1) is 0 Å². The molecule has 1 nitrogen and oxygen atoms in total. The van der Waals surface area contributed by atoms with Crippen LogP contribution in [0.4, 0.5) is 22.0 Å². The number of ether oxygens (including phenoxy) is 1. The van der Waals surface area contributed by atoms with Crippen LogP contribution in [0.2, 0.25) is 0 Å². The summed E-state index contributed by atoms with van der Waals surface area (Å²) in [6, 6.07) is 8.34. The molecule has 29 heavy (non-hydrogen) atoms. The lowest BCUT2D eigenvalue weighted by molar-refractivity contribution is -0.274. The van der Waals surface area contributed by atoms with Crippen molar-refractivity contribution in [2.75, 3.05) is 0 Å². The van der Waals surface area contributed by atoms with Gasteiger partial charge in [0.2, 0.25) is 0 Å². The molecule has 0 saturated heterocycles. The lowest BCUT2D eigenvalue weighted by atomic mass is 9.58. The van der Waals surface area contributed by atoms with Gasteiger partial charge in [-0.2, -0.15) is 0 Å². The van der Waals surface area contributed by atoms with Crippen LogP contribution in [0.3, 0.4) is 0 Å². The Hall–Kier alpha value is -2.37. The summed E-state index contributed by atoms with van der Waals surface area (Å²) in [7, 11) is 0. The van der Waals surface area contributed by atoms with Crippen LogP contribution >= 0.6 is 0 Å². The maximum absolute atomic E-state index is 14.3. The van der Waals surface area contributed by atoms with Crippen molar-refractivity contribution in [1.29, 1.82) is 0 Å². The quantitative estimate of drug-likeness (QED) is 0.397. The molecule has 6 heteroatoms. The van der Waals surface area contributed by atoms with Crippen LogP contribution < -0.4 is 4.74 Å². The summed E-state index contributed by atoms with van der Waals surface area (Å²) in [5, 5.41) is 0. The van der Waals surface area contributed by atoms with Crippen LogP contribution in [0.1, 0.15) is 47.8 Å². The van der Waals surface area contributed by atoms with Crippen molar-refractivity contribution in [2.45, 2.75) is 43.9 Å². The predicted molar refractivity (Wildman–Crippen MR) is 99.7 cm³/mol. The normalized spacial score (nSPS) is 26.4. The fourth-order valence-corrected chi connectivity index (χ4v) is 5.28. The second-order valence-corrected chi connectivity index (χ2v) is 7.88. The van der Waals surface area contributed by atoms with Gasteiger partial charge in [-0.3, -0.25) is 0 Å². The Kier molecular flexibility index (Phi) is 5.13. The van der Waals surface area contributed by atoms with Crippen molar-refractivity contribution < 1.29 is 26.7 Å². The molecule has 4 rings (SSSR count). The fourth-order valence-electron chi connectivity index (χ4n) is 5.28. The second-order valence-electron chi connectivity index (χ2n) is 7.88. The van der Waals surface area contributed by atoms with E-state index in [2.05, 4.69) is 11.3 Å². The molecule has 2 aromatic rings. The van der Waals surface area contributed by atoms with Crippen LogP contribution in [0.5, 0.6) is 5.75 Å². The number of hydrogen-bond donors (Lipinski definition) is 0. The predicted octanol–water partition coefficient (Wildman–Crippen LogP) is 6.89. The molecule has 0 N–H and O–H groups in total. The van der Waals surface area contributed by atoms with E-state index in [0.29, 0.717) is 12.0 Å². The average Bonchev–Trinajstić information content (AvgIpc) is 2.66. The van der Waals surface area contributed by atoms with Crippen LogP contribution in [0, 0.1) is 23.5 Å². The number of allylic oxidation sites excluding steroid dienone is 1. The number of fused-ring (bicyclic) bond motifs is 3. The van der Waals surface area contributed by atoms with Crippen molar-refractivity contribution in [3.63, 3.8) is 0 Å². The van der Waals surface area contributed by atoms with Gasteiger partial charge in [0.15, 0.2) is 0 Å². The minimum Gasteiger partial charge on any atom is -0.406 e. The Morgan fingerprint density at radius 1 is 1.00 bits per heavy atom. The molecule has 0 aliphatic heterocycles. The highest BCUT2D eigenvalue weighted by Gasteiger charge is 2.43. The lowest BCUT2D eigenvalue weighted by Gasteiger charge is -2.46. The van der Waals surface area contributed by atoms with E-state index < -0.39 is 18.0 Å². The fraction of sp³-hybridized carbons (Fsp3) is 0.391. The lowest BCUT2D eigenvalue weighted by Crippen LogP contribution is -2.35. The van der Waals surface area contributed by atoms with Gasteiger partial charge in [-0.25, -0.2) is 8.78 Å². The van der Waals surface area contributed by atoms with Crippen LogP contribution in [-0.2, 0) is 6.42 Å². The zero-order chi connectivity index (χ0) is 20.8. The van der Waals surface area contributed by atoms with E-state index in [1.807, 2.05) is 6.08 Å². The van der Waals surface area contributed by atoms with E-state index >= 15 is 0 Å². The smallest absolute Gasteiger partial charge is 0.406 e. The standard InChI is InChI=1S/C23H21F5O/c1-2-13-5-8-17-19(10-9-18-20(17)11-15(24)12-21(18)25)22(13)14-3-6-16(7-4-14)29-23(26,27)28/h2-4,6-7,11-13,17,19,22H,1,5,8-10H2/t13-,17-,19+,22-/m1/s1. The number of benzene rings is 2. The van der Waals surface area contributed by atoms with Gasteiger partial charge in [0, 0.05) is 6.07 Å². The Balaban J connectivity index is 1.68. The third-order valence-corrected chi connectivity index (χ3v) is 6.37. The Morgan fingerprint density at radius 2 is 1.72 bits per heavy atom. The van der Waals surface area contributed by atoms with Crippen molar-refractivity contribution in [2.24, 2.45) is 11.8 Å². The summed E-state index contributed by atoms with van der Waals surface area (Å²) in [5.41, 5.74) is 2.24. The summed E-state index contributed by atoms with van der Waals surface area (Å²) >= 11 is 0. The van der Waals surface area contributed by atoms with Gasteiger partial charge in [0.25, 0.3) is 0 Å². The Bertz CT molecular complexity index is 903. The minimum absolute atomic E-state index is 0.0243. The van der Waals surface area contributed by atoms with Gasteiger partial charge in [-0.15, -0.1) is 19.8 Å². The zero-order valence-electron chi connectivity index (χ0n) is 15.7. The van der Waals surface area contributed by atoms with E-state index in [4.69, 9.17) is 0 Å². The van der Waals surface area contributed by atoms with E-state index in [-0.39, 0.29) is 29.4 Å². The topological polar surface area (TPSA) is 9.23 Å². The number of rotatable bonds is 3. The molecule has 0 radical (unpaired) electrons. The first kappa shape index (κ1) is 19.9. The van der Waals surface area contributed by atoms with Gasteiger partial charge in [0.1, 0.15) is 17.4 Å². The maximum atomic E-state index is 14.3. The maximum Gasteiger partial charge on any atom is 0.573 e. The summed E-state index contributed by atoms with van der Waals surface area (Å²) in [6.07, 6.45) is 0.0516. The molecule has 2 aliphatic carbocycles. The second kappa shape index (κ2) is 7.47. The van der Waals surface area contributed by atoms with Gasteiger partial charge >= 0.3 is 6.36 Å². The molecule has 0 aromatic heterocycles. The molecule has 0 bridgehead atoms. The molecule has 2 aromatic carbocycles. The Morgan fingerprint density at radius 3 is 2.38 bits per heavy atom. The molecule has 1 fully saturated rings. The highest BCUT2D eigenvalue weighted by atomic mass is 19.4. The minimum atomic E-state index is -4.73. The zero-order valence-corrected chi connectivity index (χ0v) is 15.7. The Labute approximate surface area is 166 Å². The molecule has 4 atom stereocenters. The summed E-state index contributed by atoms with van der Waals surface area (Å²) in [5.74, 6) is -0.961. The molecule has 0 unspecified atom stereocenters. The largest absolute Gasteiger partial charge is 0.573 e. The molecule has 0 heterocycles. The molecule has 2 aliphatic rings. The first-order valence-corrected chi connectivity index (χ1v) is 9.73. The summed E-state index contributed by atoms with van der Waals surface area (Å²) in [6.45, 7) is 3.94. The van der Waals surface area contributed by atoms with E-state index in [9.17, 15) is 22.0 Å². The van der Waals surface area contributed by atoms with Crippen molar-refractivity contribution in [1.82, 2.24) is 0 Å². The van der Waals surface area contributed by atoms with Crippen molar-refractivity contribution >= 4 is 0 Å². The average molecular weight is 408 g/mol. The SMILES string of the molecule is C=C[C@@H]1CC[C@H]2c3cc(F)cc(F)c3CC[C@@H]2[C@H]1c1ccc(OC(F)(F)F)cc1. The van der Waals surface area contributed by atoms with Gasteiger partial charge in [-0.1, -0.05) is 18.2 Å². The molecular weight excluding hydrogens is 387 g/mol. The third-order valence-electron chi connectivity index (χ3n) is 6.37. The number of hydrogen-bond acceptors (Lipinski definition) is 1. The molecule has 154 valence electrons. The first-order valence-electron chi connectivity index (χ1n) is 9.73. The van der Waals surface area contributed by atoms with E-state index in [0.717, 1.165) is 36.5 Å². The van der Waals surface area contributed by atoms with Gasteiger partial charge < -0.3 is 4.74 Å². The highest BCUT2D eigenvalue weighted by Crippen LogP contribution is 2.54. The number of alkyl halides is 3. The summed E-state index contributed by atoms with van der Waals surface area (Å²) in [4.78, 5) is 0. The van der Waals surface area contributed by atoms with Gasteiger partial charge in [-0.05, 0) is 84.2 Å². The summed E-state index contributed by atoms with van der Waals surface area (Å²) < 4.78 is 69.5. The van der Waals surface area contributed by atoms with E-state index in [1.54, 1.807) is 12.1 Å². The van der Waals surface area contributed by atoms with Crippen LogP contribution in [0.25, 0.3) is 0 Å². The molecule has 0 spiro atoms. The third kappa shape index (κ3) is 3.89. The highest BCUT2D eigenvalue weighted by molar-refractivity contribution is 5.39. The monoisotopic (exact) mass is 408 g/mol. The number of halogens is 5. The van der Waals surface area contributed by atoms with Crippen molar-refractivity contribution in [3.8, 4) is 5.75 Å². The van der Waals surface area contributed by atoms with Crippen LogP contribution in [0.15, 0.2) is 49.1 Å². The molecule has 0 amide bonds. The molecular formula is C23H21F5O. The van der Waals surface area contributed by atoms with Crippen molar-refractivity contribution in [3.05, 3.63) is 77.4 Å². The van der Waals surface area contributed by atoms with Crippen LogP contribution in [-0.4, -0.2) is 6.36 Å². The first-order chi connectivity index (χ1) is 13.8. The van der Waals surface area contributed by atoms with E-state index in [1.165, 1.54) is 18.2 Å². The molecule has 1 saturated carbocycles.